The molecule has 6 rings (SSSR count). The van der Waals surface area contributed by atoms with Crippen molar-refractivity contribution in [2.75, 3.05) is 5.32 Å². The molecule has 4 aliphatic rings. The zero-order valence-corrected chi connectivity index (χ0v) is 15.2. The Morgan fingerprint density at radius 2 is 2.18 bits per heavy atom. The van der Waals surface area contributed by atoms with Gasteiger partial charge >= 0.3 is 0 Å². The molecule has 0 saturated carbocycles. The molecule has 136 valence electrons. The van der Waals surface area contributed by atoms with Gasteiger partial charge in [0.15, 0.2) is 0 Å². The van der Waals surface area contributed by atoms with E-state index in [1.165, 1.54) is 10.9 Å². The largest absolute Gasteiger partial charge is 0.372 e. The van der Waals surface area contributed by atoms with Gasteiger partial charge in [-0.25, -0.2) is 0 Å². The van der Waals surface area contributed by atoms with Crippen LogP contribution in [0.25, 0.3) is 22.6 Å². The van der Waals surface area contributed by atoms with Crippen LogP contribution in [0.5, 0.6) is 0 Å². The number of nitriles is 1. The van der Waals surface area contributed by atoms with Crippen LogP contribution in [0.15, 0.2) is 36.5 Å². The first kappa shape index (κ1) is 15.5. The van der Waals surface area contributed by atoms with Crippen molar-refractivity contribution in [2.45, 2.75) is 32.0 Å². The van der Waals surface area contributed by atoms with Crippen molar-refractivity contribution in [1.29, 1.82) is 5.26 Å². The highest BCUT2D eigenvalue weighted by Crippen LogP contribution is 2.37. The lowest BCUT2D eigenvalue weighted by atomic mass is 9.94. The molecule has 2 N–H and O–H groups in total. The van der Waals surface area contributed by atoms with Crippen LogP contribution in [0.3, 0.4) is 0 Å². The number of hydrogen-bond acceptors (Lipinski definition) is 3. The van der Waals surface area contributed by atoms with Crippen LogP contribution in [0.2, 0.25) is 0 Å². The summed E-state index contributed by atoms with van der Waals surface area (Å²) >= 11 is 0. The van der Waals surface area contributed by atoms with Gasteiger partial charge in [-0.15, -0.1) is 0 Å². The number of carbonyl (C=O) groups excluding carboxylic acids is 1. The molecule has 2 aliphatic carbocycles. The summed E-state index contributed by atoms with van der Waals surface area (Å²) in [5.74, 6) is 0.0138. The lowest BCUT2D eigenvalue weighted by molar-refractivity contribution is 0.0965. The van der Waals surface area contributed by atoms with Gasteiger partial charge in [0.2, 0.25) is 0 Å². The Morgan fingerprint density at radius 3 is 3.07 bits per heavy atom. The molecule has 1 aromatic carbocycles. The number of benzene rings is 1. The maximum Gasteiger partial charge on any atom is 0.252 e. The van der Waals surface area contributed by atoms with E-state index in [1.54, 1.807) is 0 Å². The van der Waals surface area contributed by atoms with E-state index in [2.05, 4.69) is 51.6 Å². The monoisotopic (exact) mass is 366 g/mol. The Bertz CT molecular complexity index is 1340. The van der Waals surface area contributed by atoms with Gasteiger partial charge < -0.3 is 15.2 Å². The molecule has 0 bridgehead atoms. The van der Waals surface area contributed by atoms with Crippen LogP contribution in [0.4, 0.5) is 5.69 Å². The number of aromatic nitrogens is 1. The Kier molecular flexibility index (Phi) is 3.05. The predicted octanol–water partition coefficient (Wildman–Crippen LogP) is 1.76. The average Bonchev–Trinajstić information content (AvgIpc) is 3.38. The van der Waals surface area contributed by atoms with Crippen LogP contribution in [0, 0.1) is 11.3 Å². The Hall–Kier alpha value is -3.52. The Balaban J connectivity index is 1.84. The summed E-state index contributed by atoms with van der Waals surface area (Å²) in [5, 5.41) is 19.3. The van der Waals surface area contributed by atoms with E-state index in [1.807, 2.05) is 12.2 Å². The predicted molar refractivity (Wildman–Crippen MR) is 109 cm³/mol. The Labute approximate surface area is 161 Å². The van der Waals surface area contributed by atoms with Crippen molar-refractivity contribution in [3.8, 4) is 6.07 Å². The smallest absolute Gasteiger partial charge is 0.252 e. The second kappa shape index (κ2) is 5.49. The lowest BCUT2D eigenvalue weighted by Crippen LogP contribution is -2.22. The quantitative estimate of drug-likeness (QED) is 0.851. The fourth-order valence-electron chi connectivity index (χ4n) is 5.11. The summed E-state index contributed by atoms with van der Waals surface area (Å²) in [4.78, 5) is 12.8. The second-order valence-electron chi connectivity index (χ2n) is 7.55. The van der Waals surface area contributed by atoms with Gasteiger partial charge in [-0.3, -0.25) is 4.79 Å². The first-order valence-corrected chi connectivity index (χ1v) is 9.67. The molecule has 1 aromatic heterocycles. The highest BCUT2D eigenvalue weighted by molar-refractivity contribution is 6.11. The Morgan fingerprint density at radius 1 is 1.25 bits per heavy atom. The van der Waals surface area contributed by atoms with Gasteiger partial charge in [-0.05, 0) is 29.2 Å². The molecular weight excluding hydrogens is 348 g/mol. The molecule has 3 heterocycles. The minimum atomic E-state index is 0.0138. The van der Waals surface area contributed by atoms with Gasteiger partial charge in [0.25, 0.3) is 5.91 Å². The summed E-state index contributed by atoms with van der Waals surface area (Å²) in [6.45, 7) is 1.21. The number of rotatable bonds is 2. The molecule has 5 heteroatoms. The number of hydrogen-bond donors (Lipinski definition) is 2. The molecule has 0 fully saturated rings. The molecule has 5 nitrogen and oxygen atoms in total. The molecule has 1 atom stereocenters. The normalized spacial score (nSPS) is 20.2. The molecule has 2 aromatic rings. The minimum Gasteiger partial charge on any atom is -0.372 e. The van der Waals surface area contributed by atoms with Crippen molar-refractivity contribution in [1.82, 2.24) is 9.88 Å². The number of carbonyl (C=O) groups is 1. The highest BCUT2D eigenvalue weighted by atomic mass is 16.1. The minimum absolute atomic E-state index is 0.0138. The molecule has 28 heavy (non-hydrogen) atoms. The highest BCUT2D eigenvalue weighted by Gasteiger charge is 2.34. The van der Waals surface area contributed by atoms with Crippen molar-refractivity contribution >= 4 is 34.1 Å². The lowest BCUT2D eigenvalue weighted by Gasteiger charge is -2.13. The van der Waals surface area contributed by atoms with E-state index in [-0.39, 0.29) is 11.9 Å². The van der Waals surface area contributed by atoms with Crippen LogP contribution >= 0.6 is 0 Å². The summed E-state index contributed by atoms with van der Waals surface area (Å²) in [5.41, 5.74) is 6.51. The van der Waals surface area contributed by atoms with Gasteiger partial charge in [0, 0.05) is 29.0 Å². The molecule has 0 saturated heterocycles. The van der Waals surface area contributed by atoms with Gasteiger partial charge in [-0.1, -0.05) is 36.5 Å². The number of aryl methyl sites for hydroxylation is 1. The second-order valence-corrected chi connectivity index (χ2v) is 7.55. The van der Waals surface area contributed by atoms with Crippen molar-refractivity contribution < 1.29 is 4.79 Å². The number of nitrogens with zero attached hydrogens (tertiary/aromatic N) is 2. The fraction of sp³-hybridized carbons (Fsp3) is 0.217. The molecule has 0 radical (unpaired) electrons. The zero-order valence-electron chi connectivity index (χ0n) is 15.2. The molecule has 1 amide bonds. The van der Waals surface area contributed by atoms with Gasteiger partial charge in [0.05, 0.1) is 35.3 Å². The van der Waals surface area contributed by atoms with Crippen LogP contribution in [0.1, 0.15) is 27.9 Å². The van der Waals surface area contributed by atoms with Crippen molar-refractivity contribution in [2.24, 2.45) is 0 Å². The SMILES string of the molecule is N#CCCn1c2c(c3c4c(c5c(c31)NC1C=CC=CC=51)C(=O)NC4)CC=CC=2. The molecule has 2 aliphatic heterocycles. The third-order valence-corrected chi connectivity index (χ3v) is 6.18. The van der Waals surface area contributed by atoms with Crippen LogP contribution in [-0.4, -0.2) is 16.5 Å². The van der Waals surface area contributed by atoms with E-state index in [9.17, 15) is 10.1 Å². The summed E-state index contributed by atoms with van der Waals surface area (Å²) in [6.07, 6.45) is 16.0. The maximum absolute atomic E-state index is 12.8. The van der Waals surface area contributed by atoms with E-state index >= 15 is 0 Å². The topological polar surface area (TPSA) is 69.8 Å². The van der Waals surface area contributed by atoms with E-state index in [0.717, 1.165) is 44.9 Å². The first-order valence-electron chi connectivity index (χ1n) is 9.67. The van der Waals surface area contributed by atoms with Gasteiger partial charge in [-0.2, -0.15) is 5.26 Å². The summed E-state index contributed by atoms with van der Waals surface area (Å²) < 4.78 is 2.28. The third kappa shape index (κ3) is 1.82. The summed E-state index contributed by atoms with van der Waals surface area (Å²) in [7, 11) is 0. The van der Waals surface area contributed by atoms with Crippen molar-refractivity contribution in [3.63, 3.8) is 0 Å². The van der Waals surface area contributed by atoms with E-state index in [4.69, 9.17) is 0 Å². The maximum atomic E-state index is 12.8. The summed E-state index contributed by atoms with van der Waals surface area (Å²) in [6, 6.07) is 2.37. The average molecular weight is 366 g/mol. The van der Waals surface area contributed by atoms with Crippen LogP contribution in [-0.2, 0) is 19.5 Å². The zero-order chi connectivity index (χ0) is 18.8. The van der Waals surface area contributed by atoms with Crippen molar-refractivity contribution in [3.05, 3.63) is 63.7 Å². The molecular formula is C23H18N4O. The number of amides is 1. The van der Waals surface area contributed by atoms with Crippen LogP contribution < -0.4 is 21.2 Å². The first-order chi connectivity index (χ1) is 13.8. The third-order valence-electron chi connectivity index (χ3n) is 6.18. The van der Waals surface area contributed by atoms with E-state index in [0.29, 0.717) is 19.5 Å². The molecule has 0 spiro atoms. The number of nitrogens with one attached hydrogen (secondary N) is 2. The number of anilines is 1. The fourth-order valence-corrected chi connectivity index (χ4v) is 5.11. The molecule has 1 unspecified atom stereocenters. The standard InChI is InChI=1S/C23H18N4O/c24-10-5-11-27-17-9-4-2-7-14(17)18-15-12-25-23(28)20(15)19-13-6-1-3-8-16(13)26-21(19)22(18)27/h1-4,6,8-9,16,26H,5,7,11-12H2,(H,25,28). The number of allylic oxidation sites excluding steroid dienone is 4. The number of fused-ring (bicyclic) bond motifs is 9. The van der Waals surface area contributed by atoms with Gasteiger partial charge in [0.1, 0.15) is 0 Å². The van der Waals surface area contributed by atoms with E-state index < -0.39 is 0 Å².